The van der Waals surface area contributed by atoms with Crippen molar-refractivity contribution < 1.29 is 14.2 Å². The van der Waals surface area contributed by atoms with Crippen molar-refractivity contribution in [2.75, 3.05) is 14.2 Å². The first kappa shape index (κ1) is 14.1. The minimum Gasteiger partial charge on any atom is -0.493 e. The maximum atomic E-state index is 6.61. The molecule has 0 amide bonds. The zero-order chi connectivity index (χ0) is 14.8. The third kappa shape index (κ3) is 2.66. The predicted molar refractivity (Wildman–Crippen MR) is 82.7 cm³/mol. The highest BCUT2D eigenvalue weighted by Crippen LogP contribution is 2.39. The van der Waals surface area contributed by atoms with Gasteiger partial charge in [-0.2, -0.15) is 0 Å². The van der Waals surface area contributed by atoms with E-state index >= 15 is 0 Å². The average Bonchev–Trinajstić information content (AvgIpc) is 2.97. The first-order valence-electron chi connectivity index (χ1n) is 6.83. The summed E-state index contributed by atoms with van der Waals surface area (Å²) in [4.78, 5) is 0. The Labute approximate surface area is 129 Å². The molecule has 1 aliphatic rings. The van der Waals surface area contributed by atoms with Gasteiger partial charge in [0, 0.05) is 6.42 Å². The minimum atomic E-state index is -0.239. The van der Waals surface area contributed by atoms with Crippen LogP contribution in [0.1, 0.15) is 16.5 Å². The fourth-order valence-electron chi connectivity index (χ4n) is 2.61. The fourth-order valence-corrected chi connectivity index (χ4v) is 2.89. The van der Waals surface area contributed by atoms with Crippen molar-refractivity contribution in [3.05, 3.63) is 53.6 Å². The second-order valence-electron chi connectivity index (χ2n) is 4.98. The smallest absolute Gasteiger partial charge is 0.161 e. The Kier molecular flexibility index (Phi) is 3.93. The van der Waals surface area contributed by atoms with Crippen LogP contribution >= 0.6 is 11.6 Å². The normalized spacial score (nSPS) is 17.8. The van der Waals surface area contributed by atoms with Crippen LogP contribution < -0.4 is 14.2 Å². The van der Waals surface area contributed by atoms with E-state index in [0.29, 0.717) is 11.5 Å². The molecular weight excluding hydrogens is 288 g/mol. The molecule has 110 valence electrons. The first-order valence-corrected chi connectivity index (χ1v) is 7.27. The van der Waals surface area contributed by atoms with Crippen molar-refractivity contribution in [3.63, 3.8) is 0 Å². The largest absolute Gasteiger partial charge is 0.493 e. The molecule has 2 aromatic rings. The molecule has 0 bridgehead atoms. The van der Waals surface area contributed by atoms with Gasteiger partial charge in [0.25, 0.3) is 0 Å². The van der Waals surface area contributed by atoms with Crippen molar-refractivity contribution >= 4 is 11.6 Å². The zero-order valence-corrected chi connectivity index (χ0v) is 12.8. The molecule has 1 aliphatic heterocycles. The lowest BCUT2D eigenvalue weighted by atomic mass is 10.0. The maximum absolute atomic E-state index is 6.61. The standard InChI is InChI=1S/C17H17ClO3/c1-19-14-8-7-12(10-15(14)20-2)17(18)16-9-11-5-3-4-6-13(11)21-16/h3-8,10,16-17H,9H2,1-2H3. The SMILES string of the molecule is COc1ccc(C(Cl)C2Cc3ccccc3O2)cc1OC. The number of benzene rings is 2. The molecule has 0 saturated carbocycles. The van der Waals surface area contributed by atoms with Gasteiger partial charge >= 0.3 is 0 Å². The number of para-hydroxylation sites is 1. The fraction of sp³-hybridized carbons (Fsp3) is 0.294. The number of halogens is 1. The molecule has 2 aromatic carbocycles. The quantitative estimate of drug-likeness (QED) is 0.799. The molecule has 2 atom stereocenters. The molecule has 0 N–H and O–H groups in total. The zero-order valence-electron chi connectivity index (χ0n) is 12.0. The van der Waals surface area contributed by atoms with E-state index in [1.807, 2.05) is 36.4 Å². The summed E-state index contributed by atoms with van der Waals surface area (Å²) in [6.45, 7) is 0. The van der Waals surface area contributed by atoms with Gasteiger partial charge in [-0.3, -0.25) is 0 Å². The van der Waals surface area contributed by atoms with E-state index in [4.69, 9.17) is 25.8 Å². The van der Waals surface area contributed by atoms with Gasteiger partial charge in [-0.05, 0) is 29.3 Å². The molecule has 1 heterocycles. The Morgan fingerprint density at radius 2 is 1.86 bits per heavy atom. The average molecular weight is 305 g/mol. The van der Waals surface area contributed by atoms with Crippen LogP contribution in [0.5, 0.6) is 17.2 Å². The number of hydrogen-bond acceptors (Lipinski definition) is 3. The number of alkyl halides is 1. The first-order chi connectivity index (χ1) is 10.2. The second-order valence-corrected chi connectivity index (χ2v) is 5.45. The van der Waals surface area contributed by atoms with Gasteiger partial charge < -0.3 is 14.2 Å². The lowest BCUT2D eigenvalue weighted by Gasteiger charge is -2.19. The Balaban J connectivity index is 1.82. The van der Waals surface area contributed by atoms with Crippen LogP contribution in [0.15, 0.2) is 42.5 Å². The topological polar surface area (TPSA) is 27.7 Å². The molecule has 2 unspecified atom stereocenters. The van der Waals surface area contributed by atoms with Crippen LogP contribution in [0.4, 0.5) is 0 Å². The van der Waals surface area contributed by atoms with E-state index in [1.165, 1.54) is 5.56 Å². The molecule has 0 aliphatic carbocycles. The van der Waals surface area contributed by atoms with E-state index in [1.54, 1.807) is 14.2 Å². The summed E-state index contributed by atoms with van der Waals surface area (Å²) in [5.74, 6) is 2.30. The van der Waals surface area contributed by atoms with Crippen molar-refractivity contribution in [2.45, 2.75) is 17.9 Å². The lowest BCUT2D eigenvalue weighted by Crippen LogP contribution is -2.19. The van der Waals surface area contributed by atoms with Crippen molar-refractivity contribution in [3.8, 4) is 17.2 Å². The van der Waals surface area contributed by atoms with Gasteiger partial charge in [0.05, 0.1) is 19.6 Å². The Morgan fingerprint density at radius 3 is 2.57 bits per heavy atom. The van der Waals surface area contributed by atoms with E-state index < -0.39 is 0 Å². The number of hydrogen-bond donors (Lipinski definition) is 0. The number of methoxy groups -OCH3 is 2. The molecule has 0 aromatic heterocycles. The summed E-state index contributed by atoms with van der Waals surface area (Å²) < 4.78 is 16.5. The summed E-state index contributed by atoms with van der Waals surface area (Å²) in [5.41, 5.74) is 2.17. The highest BCUT2D eigenvalue weighted by molar-refractivity contribution is 6.21. The van der Waals surface area contributed by atoms with Crippen LogP contribution in [0.25, 0.3) is 0 Å². The molecule has 3 nitrogen and oxygen atoms in total. The Morgan fingerprint density at radius 1 is 1.10 bits per heavy atom. The minimum absolute atomic E-state index is 0.0674. The van der Waals surface area contributed by atoms with Crippen LogP contribution in [0, 0.1) is 0 Å². The molecular formula is C17H17ClO3. The van der Waals surface area contributed by atoms with Crippen molar-refractivity contribution in [1.82, 2.24) is 0 Å². The molecule has 0 saturated heterocycles. The van der Waals surface area contributed by atoms with Crippen molar-refractivity contribution in [2.24, 2.45) is 0 Å². The lowest BCUT2D eigenvalue weighted by molar-refractivity contribution is 0.227. The molecule has 0 fully saturated rings. The summed E-state index contributed by atoms with van der Waals surface area (Å²) in [5, 5.41) is -0.239. The predicted octanol–water partition coefficient (Wildman–Crippen LogP) is 3.99. The summed E-state index contributed by atoms with van der Waals surface area (Å²) >= 11 is 6.61. The number of ether oxygens (including phenoxy) is 3. The van der Waals surface area contributed by atoms with Gasteiger partial charge in [0.2, 0.25) is 0 Å². The van der Waals surface area contributed by atoms with Crippen LogP contribution in [0.2, 0.25) is 0 Å². The maximum Gasteiger partial charge on any atom is 0.161 e. The third-order valence-corrected chi connectivity index (χ3v) is 4.26. The van der Waals surface area contributed by atoms with E-state index in [2.05, 4.69) is 6.07 Å². The monoisotopic (exact) mass is 304 g/mol. The molecule has 0 spiro atoms. The van der Waals surface area contributed by atoms with E-state index in [9.17, 15) is 0 Å². The summed E-state index contributed by atoms with van der Waals surface area (Å²) in [7, 11) is 3.24. The van der Waals surface area contributed by atoms with Crippen molar-refractivity contribution in [1.29, 1.82) is 0 Å². The molecule has 4 heteroatoms. The summed E-state index contributed by atoms with van der Waals surface area (Å²) in [6, 6.07) is 13.8. The second kappa shape index (κ2) is 5.86. The van der Waals surface area contributed by atoms with Crippen LogP contribution in [-0.4, -0.2) is 20.3 Å². The molecule has 0 radical (unpaired) electrons. The molecule has 3 rings (SSSR count). The van der Waals surface area contributed by atoms with Gasteiger partial charge in [0.15, 0.2) is 11.5 Å². The van der Waals surface area contributed by atoms with Gasteiger partial charge in [-0.1, -0.05) is 24.3 Å². The number of rotatable bonds is 4. The Bertz CT molecular complexity index is 617. The Hall–Kier alpha value is -1.87. The van der Waals surface area contributed by atoms with Crippen LogP contribution in [0.3, 0.4) is 0 Å². The van der Waals surface area contributed by atoms with Crippen LogP contribution in [-0.2, 0) is 6.42 Å². The number of fused-ring (bicyclic) bond motifs is 1. The van der Waals surface area contributed by atoms with E-state index in [0.717, 1.165) is 17.7 Å². The van der Waals surface area contributed by atoms with Gasteiger partial charge in [0.1, 0.15) is 11.9 Å². The summed E-state index contributed by atoms with van der Waals surface area (Å²) in [6.07, 6.45) is 0.751. The van der Waals surface area contributed by atoms with E-state index in [-0.39, 0.29) is 11.5 Å². The highest BCUT2D eigenvalue weighted by atomic mass is 35.5. The molecule has 21 heavy (non-hydrogen) atoms. The van der Waals surface area contributed by atoms with Gasteiger partial charge in [-0.25, -0.2) is 0 Å². The third-order valence-electron chi connectivity index (χ3n) is 3.72. The van der Waals surface area contributed by atoms with Gasteiger partial charge in [-0.15, -0.1) is 11.6 Å². The highest BCUT2D eigenvalue weighted by Gasteiger charge is 2.30.